The second kappa shape index (κ2) is 6.26. The number of benzene rings is 1. The van der Waals surface area contributed by atoms with E-state index in [4.69, 9.17) is 5.73 Å². The minimum atomic E-state index is -0.119. The van der Waals surface area contributed by atoms with Gasteiger partial charge in [-0.2, -0.15) is 0 Å². The summed E-state index contributed by atoms with van der Waals surface area (Å²) in [5.74, 6) is 0.382. The number of rotatable bonds is 4. The molecule has 0 bridgehead atoms. The first-order chi connectivity index (χ1) is 9.86. The Morgan fingerprint density at radius 2 is 2.10 bits per heavy atom. The van der Waals surface area contributed by atoms with Crippen molar-refractivity contribution in [3.8, 4) is 0 Å². The summed E-state index contributed by atoms with van der Waals surface area (Å²) in [5.41, 5.74) is 8.97. The van der Waals surface area contributed by atoms with Crippen LogP contribution in [-0.2, 0) is 6.42 Å². The van der Waals surface area contributed by atoms with Crippen molar-refractivity contribution >= 4 is 27.9 Å². The van der Waals surface area contributed by atoms with Crippen LogP contribution < -0.4 is 11.1 Å². The molecule has 2 rings (SSSR count). The van der Waals surface area contributed by atoms with E-state index in [2.05, 4.69) is 24.1 Å². The zero-order valence-electron chi connectivity index (χ0n) is 12.9. The highest BCUT2D eigenvalue weighted by Gasteiger charge is 2.15. The van der Waals surface area contributed by atoms with Gasteiger partial charge in [0.05, 0.1) is 10.7 Å². The summed E-state index contributed by atoms with van der Waals surface area (Å²) < 4.78 is 0. The third kappa shape index (κ3) is 3.82. The monoisotopic (exact) mass is 303 g/mol. The van der Waals surface area contributed by atoms with Crippen LogP contribution in [0, 0.1) is 19.8 Å². The van der Waals surface area contributed by atoms with E-state index in [0.717, 1.165) is 27.7 Å². The predicted octanol–water partition coefficient (Wildman–Crippen LogP) is 3.79. The van der Waals surface area contributed by atoms with Gasteiger partial charge in [0.2, 0.25) is 0 Å². The first-order valence-electron chi connectivity index (χ1n) is 7.00. The highest BCUT2D eigenvalue weighted by Crippen LogP contribution is 2.27. The third-order valence-electron chi connectivity index (χ3n) is 3.16. The number of nitrogen functional groups attached to an aromatic ring is 1. The Morgan fingerprint density at radius 1 is 1.38 bits per heavy atom. The Kier molecular flexibility index (Phi) is 4.63. The number of anilines is 2. The fourth-order valence-corrected chi connectivity index (χ4v) is 2.93. The van der Waals surface area contributed by atoms with Crippen LogP contribution in [0.3, 0.4) is 0 Å². The molecule has 0 unspecified atom stereocenters. The molecule has 1 aromatic carbocycles. The summed E-state index contributed by atoms with van der Waals surface area (Å²) >= 11 is 1.52. The molecular formula is C16H21N3OS. The van der Waals surface area contributed by atoms with Gasteiger partial charge in [-0.05, 0) is 49.9 Å². The van der Waals surface area contributed by atoms with Crippen LogP contribution in [0.15, 0.2) is 18.2 Å². The maximum Gasteiger partial charge on any atom is 0.256 e. The molecule has 21 heavy (non-hydrogen) atoms. The predicted molar refractivity (Wildman–Crippen MR) is 88.9 cm³/mol. The minimum Gasteiger partial charge on any atom is -0.399 e. The molecular weight excluding hydrogens is 282 g/mol. The van der Waals surface area contributed by atoms with Crippen LogP contribution in [0.25, 0.3) is 0 Å². The Balaban J connectivity index is 2.21. The summed E-state index contributed by atoms with van der Waals surface area (Å²) in [7, 11) is 0. The van der Waals surface area contributed by atoms with Gasteiger partial charge in [-0.25, -0.2) is 4.98 Å². The SMILES string of the molecule is Cc1nc(CC(C)C)c(NC(=O)c2ccc(N)c(C)c2)s1. The van der Waals surface area contributed by atoms with Crippen molar-refractivity contribution < 1.29 is 4.79 Å². The van der Waals surface area contributed by atoms with Gasteiger partial charge in [0.1, 0.15) is 5.00 Å². The van der Waals surface area contributed by atoms with Crippen molar-refractivity contribution in [1.29, 1.82) is 0 Å². The van der Waals surface area contributed by atoms with Crippen molar-refractivity contribution in [1.82, 2.24) is 4.98 Å². The Hall–Kier alpha value is -1.88. The van der Waals surface area contributed by atoms with E-state index < -0.39 is 0 Å². The molecule has 0 aliphatic rings. The molecule has 1 heterocycles. The number of nitrogens with two attached hydrogens (primary N) is 1. The lowest BCUT2D eigenvalue weighted by molar-refractivity contribution is 0.102. The molecule has 1 amide bonds. The van der Waals surface area contributed by atoms with E-state index in [-0.39, 0.29) is 5.91 Å². The number of nitrogens with zero attached hydrogens (tertiary/aromatic N) is 1. The first-order valence-corrected chi connectivity index (χ1v) is 7.82. The van der Waals surface area contributed by atoms with E-state index in [1.807, 2.05) is 13.8 Å². The third-order valence-corrected chi connectivity index (χ3v) is 4.09. The smallest absolute Gasteiger partial charge is 0.256 e. The summed E-state index contributed by atoms with van der Waals surface area (Å²) in [4.78, 5) is 16.9. The number of hydrogen-bond donors (Lipinski definition) is 2. The number of nitrogens with one attached hydrogen (secondary N) is 1. The van der Waals surface area contributed by atoms with E-state index >= 15 is 0 Å². The number of carbonyl (C=O) groups excluding carboxylic acids is 1. The van der Waals surface area contributed by atoms with Crippen LogP contribution >= 0.6 is 11.3 Å². The van der Waals surface area contributed by atoms with E-state index in [0.29, 0.717) is 17.2 Å². The topological polar surface area (TPSA) is 68.0 Å². The minimum absolute atomic E-state index is 0.119. The lowest BCUT2D eigenvalue weighted by Gasteiger charge is -2.08. The van der Waals surface area contributed by atoms with Crippen molar-refractivity contribution in [2.75, 3.05) is 11.1 Å². The zero-order chi connectivity index (χ0) is 15.6. The van der Waals surface area contributed by atoms with Crippen LogP contribution in [0.5, 0.6) is 0 Å². The average Bonchev–Trinajstić information content (AvgIpc) is 2.71. The fourth-order valence-electron chi connectivity index (χ4n) is 2.09. The Bertz CT molecular complexity index is 662. The molecule has 0 saturated heterocycles. The summed E-state index contributed by atoms with van der Waals surface area (Å²) in [5, 5.41) is 4.79. The molecule has 0 fully saturated rings. The van der Waals surface area contributed by atoms with Gasteiger partial charge >= 0.3 is 0 Å². The van der Waals surface area contributed by atoms with Gasteiger partial charge in [-0.3, -0.25) is 4.79 Å². The van der Waals surface area contributed by atoms with Crippen molar-refractivity contribution in [3.05, 3.63) is 40.0 Å². The molecule has 112 valence electrons. The molecule has 1 aromatic heterocycles. The highest BCUT2D eigenvalue weighted by molar-refractivity contribution is 7.16. The average molecular weight is 303 g/mol. The van der Waals surface area contributed by atoms with Gasteiger partial charge in [0.15, 0.2) is 0 Å². The molecule has 2 aromatic rings. The van der Waals surface area contributed by atoms with Gasteiger partial charge in [0, 0.05) is 11.3 Å². The Morgan fingerprint density at radius 3 is 2.71 bits per heavy atom. The van der Waals surface area contributed by atoms with Crippen LogP contribution in [0.4, 0.5) is 10.7 Å². The van der Waals surface area contributed by atoms with Crippen LogP contribution in [0.2, 0.25) is 0 Å². The molecule has 5 heteroatoms. The maximum atomic E-state index is 12.4. The van der Waals surface area contributed by atoms with Crippen molar-refractivity contribution in [3.63, 3.8) is 0 Å². The van der Waals surface area contributed by atoms with Gasteiger partial charge in [-0.1, -0.05) is 13.8 Å². The molecule has 0 radical (unpaired) electrons. The fraction of sp³-hybridized carbons (Fsp3) is 0.375. The standard InChI is InChI=1S/C16H21N3OS/c1-9(2)7-14-16(21-11(4)18-14)19-15(20)12-5-6-13(17)10(3)8-12/h5-6,8-9H,7,17H2,1-4H3,(H,19,20). The molecule has 0 atom stereocenters. The van der Waals surface area contributed by atoms with E-state index in [9.17, 15) is 4.79 Å². The highest BCUT2D eigenvalue weighted by atomic mass is 32.1. The number of amides is 1. The van der Waals surface area contributed by atoms with Gasteiger partial charge in [0.25, 0.3) is 5.91 Å². The number of aromatic nitrogens is 1. The van der Waals surface area contributed by atoms with Crippen molar-refractivity contribution in [2.45, 2.75) is 34.1 Å². The lowest BCUT2D eigenvalue weighted by Crippen LogP contribution is -2.13. The van der Waals surface area contributed by atoms with E-state index in [1.165, 1.54) is 11.3 Å². The maximum absolute atomic E-state index is 12.4. The molecule has 0 saturated carbocycles. The first kappa shape index (κ1) is 15.5. The normalized spacial score (nSPS) is 10.9. The van der Waals surface area contributed by atoms with Crippen LogP contribution in [-0.4, -0.2) is 10.9 Å². The largest absolute Gasteiger partial charge is 0.399 e. The second-order valence-electron chi connectivity index (χ2n) is 5.63. The molecule has 4 nitrogen and oxygen atoms in total. The Labute approximate surface area is 129 Å². The molecule has 0 aliphatic heterocycles. The number of aryl methyl sites for hydroxylation is 2. The second-order valence-corrected chi connectivity index (χ2v) is 6.84. The summed E-state index contributed by atoms with van der Waals surface area (Å²) in [6.45, 7) is 8.14. The molecule has 0 aliphatic carbocycles. The lowest BCUT2D eigenvalue weighted by atomic mass is 10.1. The van der Waals surface area contributed by atoms with Crippen LogP contribution in [0.1, 0.15) is 40.5 Å². The summed E-state index contributed by atoms with van der Waals surface area (Å²) in [6, 6.07) is 5.31. The van der Waals surface area contributed by atoms with Crippen molar-refractivity contribution in [2.24, 2.45) is 5.92 Å². The number of thiazole rings is 1. The number of carbonyl (C=O) groups is 1. The van der Waals surface area contributed by atoms with Gasteiger partial charge in [-0.15, -0.1) is 11.3 Å². The summed E-state index contributed by atoms with van der Waals surface area (Å²) in [6.07, 6.45) is 0.862. The number of hydrogen-bond acceptors (Lipinski definition) is 4. The van der Waals surface area contributed by atoms with E-state index in [1.54, 1.807) is 18.2 Å². The quantitative estimate of drug-likeness (QED) is 0.844. The molecule has 3 N–H and O–H groups in total. The van der Waals surface area contributed by atoms with Gasteiger partial charge < -0.3 is 11.1 Å². The zero-order valence-corrected chi connectivity index (χ0v) is 13.7. The molecule has 0 spiro atoms.